The number of hydrogen-bond donors (Lipinski definition) is 1. The summed E-state index contributed by atoms with van der Waals surface area (Å²) in [6.07, 6.45) is 0.891. The van der Waals surface area contributed by atoms with Crippen LogP contribution in [0.25, 0.3) is 0 Å². The van der Waals surface area contributed by atoms with Crippen molar-refractivity contribution in [3.8, 4) is 0 Å². The molecule has 0 saturated carbocycles. The standard InChI is InChI=1S/C20H24FN3O/c1-2-17-5-3-4-6-19(17)22-20(25)24-13-11-23(12-14-24)15-16-7-9-18(21)10-8-16/h3-10H,2,11-15H2,1H3,(H,22,25). The third-order valence-electron chi connectivity index (χ3n) is 4.62. The number of carbonyl (C=O) groups is 1. The number of benzene rings is 2. The summed E-state index contributed by atoms with van der Waals surface area (Å²) in [5.41, 5.74) is 3.13. The number of aryl methyl sites for hydroxylation is 1. The van der Waals surface area contributed by atoms with E-state index in [2.05, 4.69) is 17.1 Å². The van der Waals surface area contributed by atoms with Gasteiger partial charge in [0.15, 0.2) is 0 Å². The molecule has 0 radical (unpaired) electrons. The number of urea groups is 1. The molecular weight excluding hydrogens is 317 g/mol. The Balaban J connectivity index is 1.51. The fourth-order valence-electron chi connectivity index (χ4n) is 3.10. The van der Waals surface area contributed by atoms with Crippen LogP contribution in [0.1, 0.15) is 18.1 Å². The van der Waals surface area contributed by atoms with Crippen LogP contribution in [0.3, 0.4) is 0 Å². The minimum Gasteiger partial charge on any atom is -0.322 e. The van der Waals surface area contributed by atoms with Crippen molar-refractivity contribution in [3.63, 3.8) is 0 Å². The zero-order valence-corrected chi connectivity index (χ0v) is 14.5. The number of anilines is 1. The second-order valence-corrected chi connectivity index (χ2v) is 6.33. The Morgan fingerprint density at radius 2 is 1.72 bits per heavy atom. The Bertz CT molecular complexity index is 709. The molecule has 1 aliphatic rings. The lowest BCUT2D eigenvalue weighted by molar-refractivity contribution is 0.143. The maximum absolute atomic E-state index is 13.0. The molecule has 132 valence electrons. The third kappa shape index (κ3) is 4.57. The molecule has 2 aromatic carbocycles. The van der Waals surface area contributed by atoms with Gasteiger partial charge in [-0.3, -0.25) is 4.90 Å². The number of para-hydroxylation sites is 1. The Kier molecular flexibility index (Phi) is 5.66. The first-order valence-electron chi connectivity index (χ1n) is 8.76. The summed E-state index contributed by atoms with van der Waals surface area (Å²) in [4.78, 5) is 16.6. The Morgan fingerprint density at radius 1 is 1.04 bits per heavy atom. The van der Waals surface area contributed by atoms with E-state index in [9.17, 15) is 9.18 Å². The molecule has 5 heteroatoms. The van der Waals surface area contributed by atoms with Crippen LogP contribution in [0.2, 0.25) is 0 Å². The predicted molar refractivity (Wildman–Crippen MR) is 98.1 cm³/mol. The van der Waals surface area contributed by atoms with Crippen LogP contribution < -0.4 is 5.32 Å². The van der Waals surface area contributed by atoms with Gasteiger partial charge >= 0.3 is 6.03 Å². The van der Waals surface area contributed by atoms with Crippen LogP contribution in [-0.4, -0.2) is 42.0 Å². The summed E-state index contributed by atoms with van der Waals surface area (Å²) in [7, 11) is 0. The first kappa shape index (κ1) is 17.4. The summed E-state index contributed by atoms with van der Waals surface area (Å²) in [6, 6.07) is 14.5. The number of nitrogens with zero attached hydrogens (tertiary/aromatic N) is 2. The number of piperazine rings is 1. The normalized spacial score (nSPS) is 15.2. The number of nitrogens with one attached hydrogen (secondary N) is 1. The van der Waals surface area contributed by atoms with Crippen molar-refractivity contribution in [3.05, 3.63) is 65.5 Å². The largest absolute Gasteiger partial charge is 0.322 e. The highest BCUT2D eigenvalue weighted by atomic mass is 19.1. The first-order chi connectivity index (χ1) is 12.2. The van der Waals surface area contributed by atoms with Gasteiger partial charge in [0, 0.05) is 38.4 Å². The lowest BCUT2D eigenvalue weighted by Crippen LogP contribution is -2.49. The highest BCUT2D eigenvalue weighted by Gasteiger charge is 2.21. The molecule has 0 bridgehead atoms. The van der Waals surface area contributed by atoms with Gasteiger partial charge in [0.05, 0.1) is 0 Å². The van der Waals surface area contributed by atoms with Gasteiger partial charge in [-0.05, 0) is 35.7 Å². The van der Waals surface area contributed by atoms with E-state index >= 15 is 0 Å². The van der Waals surface area contributed by atoms with Crippen LogP contribution in [0.5, 0.6) is 0 Å². The summed E-state index contributed by atoms with van der Waals surface area (Å²) in [5, 5.41) is 3.03. The van der Waals surface area contributed by atoms with E-state index in [4.69, 9.17) is 0 Å². The molecule has 2 aromatic rings. The monoisotopic (exact) mass is 341 g/mol. The van der Waals surface area contributed by atoms with Gasteiger partial charge in [-0.15, -0.1) is 0 Å². The highest BCUT2D eigenvalue weighted by molar-refractivity contribution is 5.90. The van der Waals surface area contributed by atoms with Gasteiger partial charge in [0.1, 0.15) is 5.82 Å². The summed E-state index contributed by atoms with van der Waals surface area (Å²) in [5.74, 6) is -0.211. The summed E-state index contributed by atoms with van der Waals surface area (Å²) in [6.45, 7) is 5.90. The van der Waals surface area contributed by atoms with Crippen molar-refractivity contribution < 1.29 is 9.18 Å². The molecule has 1 N–H and O–H groups in total. The van der Waals surface area contributed by atoms with Crippen LogP contribution in [0.4, 0.5) is 14.9 Å². The van der Waals surface area contributed by atoms with E-state index < -0.39 is 0 Å². The number of rotatable bonds is 4. The van der Waals surface area contributed by atoms with E-state index in [-0.39, 0.29) is 11.8 Å². The van der Waals surface area contributed by atoms with Crippen molar-refractivity contribution >= 4 is 11.7 Å². The zero-order valence-electron chi connectivity index (χ0n) is 14.5. The van der Waals surface area contributed by atoms with Crippen molar-refractivity contribution in [1.29, 1.82) is 0 Å². The van der Waals surface area contributed by atoms with Gasteiger partial charge < -0.3 is 10.2 Å². The smallest absolute Gasteiger partial charge is 0.321 e. The highest BCUT2D eigenvalue weighted by Crippen LogP contribution is 2.17. The lowest BCUT2D eigenvalue weighted by atomic mass is 10.1. The lowest BCUT2D eigenvalue weighted by Gasteiger charge is -2.34. The van der Waals surface area contributed by atoms with E-state index in [0.717, 1.165) is 42.9 Å². The zero-order chi connectivity index (χ0) is 17.6. The molecule has 0 aliphatic carbocycles. The van der Waals surface area contributed by atoms with E-state index in [1.54, 1.807) is 0 Å². The quantitative estimate of drug-likeness (QED) is 0.919. The van der Waals surface area contributed by atoms with Crippen LogP contribution in [0, 0.1) is 5.82 Å². The molecule has 0 unspecified atom stereocenters. The second-order valence-electron chi connectivity index (χ2n) is 6.33. The average Bonchev–Trinajstić information content (AvgIpc) is 2.64. The summed E-state index contributed by atoms with van der Waals surface area (Å²) >= 11 is 0. The Morgan fingerprint density at radius 3 is 2.40 bits per heavy atom. The molecular formula is C20H24FN3O. The fraction of sp³-hybridized carbons (Fsp3) is 0.350. The van der Waals surface area contributed by atoms with Gasteiger partial charge in [0.25, 0.3) is 0 Å². The first-order valence-corrected chi connectivity index (χ1v) is 8.76. The molecule has 25 heavy (non-hydrogen) atoms. The van der Waals surface area contributed by atoms with E-state index in [1.807, 2.05) is 41.3 Å². The minimum atomic E-state index is -0.211. The Hall–Kier alpha value is -2.40. The van der Waals surface area contributed by atoms with Crippen LogP contribution in [0.15, 0.2) is 48.5 Å². The number of halogens is 1. The van der Waals surface area contributed by atoms with Crippen molar-refractivity contribution in [1.82, 2.24) is 9.80 Å². The third-order valence-corrected chi connectivity index (χ3v) is 4.62. The van der Waals surface area contributed by atoms with Gasteiger partial charge in [0.2, 0.25) is 0 Å². The number of carbonyl (C=O) groups excluding carboxylic acids is 1. The molecule has 0 spiro atoms. The molecule has 0 atom stereocenters. The van der Waals surface area contributed by atoms with Gasteiger partial charge in [-0.25, -0.2) is 9.18 Å². The van der Waals surface area contributed by atoms with Crippen molar-refractivity contribution in [2.75, 3.05) is 31.5 Å². The maximum atomic E-state index is 13.0. The molecule has 4 nitrogen and oxygen atoms in total. The molecule has 0 aromatic heterocycles. The molecule has 2 amide bonds. The molecule has 1 aliphatic heterocycles. The number of amides is 2. The molecule has 1 heterocycles. The van der Waals surface area contributed by atoms with Gasteiger partial charge in [-0.1, -0.05) is 37.3 Å². The fourth-order valence-corrected chi connectivity index (χ4v) is 3.10. The number of hydrogen-bond acceptors (Lipinski definition) is 2. The molecule has 3 rings (SSSR count). The minimum absolute atomic E-state index is 0.0395. The topological polar surface area (TPSA) is 35.6 Å². The average molecular weight is 341 g/mol. The maximum Gasteiger partial charge on any atom is 0.321 e. The predicted octanol–water partition coefficient (Wildman–Crippen LogP) is 3.74. The van der Waals surface area contributed by atoms with Crippen LogP contribution in [-0.2, 0) is 13.0 Å². The molecule has 1 fully saturated rings. The van der Waals surface area contributed by atoms with E-state index in [1.165, 1.54) is 12.1 Å². The Labute approximate surface area is 148 Å². The van der Waals surface area contributed by atoms with Crippen molar-refractivity contribution in [2.45, 2.75) is 19.9 Å². The van der Waals surface area contributed by atoms with E-state index in [0.29, 0.717) is 13.1 Å². The molecule has 1 saturated heterocycles. The van der Waals surface area contributed by atoms with Crippen LogP contribution >= 0.6 is 0 Å². The summed E-state index contributed by atoms with van der Waals surface area (Å²) < 4.78 is 13.0. The second kappa shape index (κ2) is 8.12. The van der Waals surface area contributed by atoms with Crippen molar-refractivity contribution in [2.24, 2.45) is 0 Å². The van der Waals surface area contributed by atoms with Gasteiger partial charge in [-0.2, -0.15) is 0 Å². The SMILES string of the molecule is CCc1ccccc1NC(=O)N1CCN(Cc2ccc(F)cc2)CC1.